The van der Waals surface area contributed by atoms with Crippen LogP contribution in [0.4, 0.5) is 0 Å². The molecule has 1 unspecified atom stereocenters. The van der Waals surface area contributed by atoms with Crippen molar-refractivity contribution in [3.05, 3.63) is 0 Å². The van der Waals surface area contributed by atoms with Gasteiger partial charge in [0.15, 0.2) is 0 Å². The van der Waals surface area contributed by atoms with Crippen molar-refractivity contribution < 1.29 is 4.79 Å². The Hall–Kier alpha value is -0.610. The first-order valence-corrected chi connectivity index (χ1v) is 6.20. The summed E-state index contributed by atoms with van der Waals surface area (Å²) in [5.41, 5.74) is 11.3. The molecule has 4 N–H and O–H groups in total. The predicted molar refractivity (Wildman–Crippen MR) is 65.9 cm³/mol. The van der Waals surface area contributed by atoms with Crippen molar-refractivity contribution in [3.63, 3.8) is 0 Å². The van der Waals surface area contributed by atoms with Gasteiger partial charge in [-0.1, -0.05) is 20.3 Å². The van der Waals surface area contributed by atoms with Gasteiger partial charge in [0.1, 0.15) is 0 Å². The smallest absolute Gasteiger partial charge is 0.234 e. The third kappa shape index (κ3) is 3.76. The number of amides is 1. The Bertz CT molecular complexity index is 240. The summed E-state index contributed by atoms with van der Waals surface area (Å²) in [7, 11) is 0. The fourth-order valence-corrected chi connectivity index (χ4v) is 2.13. The molecule has 0 aliphatic carbocycles. The van der Waals surface area contributed by atoms with Crippen molar-refractivity contribution in [3.8, 4) is 0 Å². The maximum atomic E-state index is 11.3. The second-order valence-corrected chi connectivity index (χ2v) is 5.57. The topological polar surface area (TPSA) is 72.3 Å². The van der Waals surface area contributed by atoms with Gasteiger partial charge in [0.25, 0.3) is 0 Å². The van der Waals surface area contributed by atoms with Crippen molar-refractivity contribution in [1.82, 2.24) is 4.90 Å². The summed E-state index contributed by atoms with van der Waals surface area (Å²) in [4.78, 5) is 13.5. The Balaban J connectivity index is 2.47. The summed E-state index contributed by atoms with van der Waals surface area (Å²) in [6.45, 7) is 6.93. The number of hydrogen-bond acceptors (Lipinski definition) is 3. The van der Waals surface area contributed by atoms with Gasteiger partial charge in [0.2, 0.25) is 5.91 Å². The maximum absolute atomic E-state index is 11.3. The van der Waals surface area contributed by atoms with Crippen LogP contribution in [0, 0.1) is 5.41 Å². The Labute approximate surface area is 98.3 Å². The second-order valence-electron chi connectivity index (χ2n) is 5.57. The van der Waals surface area contributed by atoms with Crippen molar-refractivity contribution in [2.45, 2.75) is 45.6 Å². The maximum Gasteiger partial charge on any atom is 0.234 e. The molecular formula is C12H25N3O. The minimum atomic E-state index is -0.176. The van der Waals surface area contributed by atoms with Crippen molar-refractivity contribution in [2.75, 3.05) is 19.6 Å². The van der Waals surface area contributed by atoms with Crippen LogP contribution in [0.1, 0.15) is 39.5 Å². The van der Waals surface area contributed by atoms with Gasteiger partial charge in [-0.05, 0) is 44.3 Å². The van der Waals surface area contributed by atoms with E-state index >= 15 is 0 Å². The quantitative estimate of drug-likeness (QED) is 0.726. The van der Waals surface area contributed by atoms with Crippen LogP contribution in [0.2, 0.25) is 0 Å². The van der Waals surface area contributed by atoms with Gasteiger partial charge in [-0.2, -0.15) is 0 Å². The largest absolute Gasteiger partial charge is 0.368 e. The molecule has 1 fully saturated rings. The van der Waals surface area contributed by atoms with Crippen LogP contribution in [0.3, 0.4) is 0 Å². The lowest BCUT2D eigenvalue weighted by Gasteiger charge is -2.35. The van der Waals surface area contributed by atoms with Crippen LogP contribution >= 0.6 is 0 Å². The fraction of sp³-hybridized carbons (Fsp3) is 0.917. The van der Waals surface area contributed by atoms with E-state index in [9.17, 15) is 4.79 Å². The number of carbonyl (C=O) groups excluding carboxylic acids is 1. The monoisotopic (exact) mass is 227 g/mol. The third-order valence-electron chi connectivity index (χ3n) is 3.57. The van der Waals surface area contributed by atoms with Crippen molar-refractivity contribution in [1.29, 1.82) is 0 Å². The minimum absolute atomic E-state index is 0.0534. The highest BCUT2D eigenvalue weighted by molar-refractivity contribution is 5.79. The van der Waals surface area contributed by atoms with E-state index in [1.54, 1.807) is 0 Å². The highest BCUT2D eigenvalue weighted by Gasteiger charge is 2.28. The molecule has 1 aliphatic rings. The van der Waals surface area contributed by atoms with E-state index in [1.165, 1.54) is 6.42 Å². The molecule has 0 aromatic carbocycles. The van der Waals surface area contributed by atoms with Gasteiger partial charge in [0.05, 0.1) is 6.04 Å². The number of carbonyl (C=O) groups is 1. The molecule has 0 saturated carbocycles. The van der Waals surface area contributed by atoms with Crippen molar-refractivity contribution in [2.24, 2.45) is 16.9 Å². The molecule has 1 saturated heterocycles. The van der Waals surface area contributed by atoms with Crippen molar-refractivity contribution >= 4 is 5.91 Å². The molecule has 0 spiro atoms. The Kier molecular flexibility index (Phi) is 4.74. The van der Waals surface area contributed by atoms with E-state index in [2.05, 4.69) is 18.7 Å². The average molecular weight is 227 g/mol. The van der Waals surface area contributed by atoms with Crippen LogP contribution in [0.25, 0.3) is 0 Å². The van der Waals surface area contributed by atoms with Crippen LogP contribution < -0.4 is 11.5 Å². The molecule has 1 heterocycles. The fourth-order valence-electron chi connectivity index (χ4n) is 2.13. The lowest BCUT2D eigenvalue weighted by atomic mass is 9.88. The van der Waals surface area contributed by atoms with E-state index in [0.29, 0.717) is 6.54 Å². The predicted octanol–water partition coefficient (Wildman–Crippen LogP) is 0.701. The molecule has 94 valence electrons. The van der Waals surface area contributed by atoms with E-state index in [4.69, 9.17) is 11.5 Å². The van der Waals surface area contributed by atoms with Gasteiger partial charge in [-0.25, -0.2) is 0 Å². The summed E-state index contributed by atoms with van der Waals surface area (Å²) in [5, 5.41) is 0. The van der Waals surface area contributed by atoms with Gasteiger partial charge in [-0.15, -0.1) is 0 Å². The standard InChI is InChI=1S/C12H25N3O/c1-12(2,9-13)6-8-15-7-4-3-5-10(15)11(14)16/h10H,3-9,13H2,1-2H3,(H2,14,16). The summed E-state index contributed by atoms with van der Waals surface area (Å²) < 4.78 is 0. The summed E-state index contributed by atoms with van der Waals surface area (Å²) in [6, 6.07) is -0.0534. The lowest BCUT2D eigenvalue weighted by Crippen LogP contribution is -2.48. The molecule has 0 aromatic rings. The average Bonchev–Trinajstić information content (AvgIpc) is 2.27. The number of primary amides is 1. The zero-order valence-electron chi connectivity index (χ0n) is 10.5. The van der Waals surface area contributed by atoms with Crippen LogP contribution in [0.5, 0.6) is 0 Å². The molecule has 4 heteroatoms. The summed E-state index contributed by atoms with van der Waals surface area (Å²) >= 11 is 0. The highest BCUT2D eigenvalue weighted by atomic mass is 16.1. The molecule has 16 heavy (non-hydrogen) atoms. The summed E-state index contributed by atoms with van der Waals surface area (Å²) in [5.74, 6) is -0.176. The molecule has 1 atom stereocenters. The number of rotatable bonds is 5. The molecule has 1 rings (SSSR count). The minimum Gasteiger partial charge on any atom is -0.368 e. The molecule has 0 radical (unpaired) electrons. The van der Waals surface area contributed by atoms with Crippen LogP contribution in [-0.4, -0.2) is 36.5 Å². The van der Waals surface area contributed by atoms with E-state index in [0.717, 1.165) is 32.4 Å². The number of piperidine rings is 1. The third-order valence-corrected chi connectivity index (χ3v) is 3.57. The Morgan fingerprint density at radius 2 is 2.12 bits per heavy atom. The van der Waals surface area contributed by atoms with Crippen LogP contribution in [0.15, 0.2) is 0 Å². The Morgan fingerprint density at radius 3 is 2.69 bits per heavy atom. The first-order valence-electron chi connectivity index (χ1n) is 6.20. The normalized spacial score (nSPS) is 23.3. The molecule has 0 aromatic heterocycles. The summed E-state index contributed by atoms with van der Waals surface area (Å²) in [6.07, 6.45) is 4.23. The second kappa shape index (κ2) is 5.64. The number of likely N-dealkylation sites (tertiary alicyclic amines) is 1. The van der Waals surface area contributed by atoms with E-state index in [-0.39, 0.29) is 17.4 Å². The van der Waals surface area contributed by atoms with E-state index in [1.807, 2.05) is 0 Å². The molecule has 4 nitrogen and oxygen atoms in total. The highest BCUT2D eigenvalue weighted by Crippen LogP contribution is 2.22. The first kappa shape index (κ1) is 13.5. The van der Waals surface area contributed by atoms with Gasteiger partial charge in [0, 0.05) is 0 Å². The van der Waals surface area contributed by atoms with Crippen LogP contribution in [-0.2, 0) is 4.79 Å². The Morgan fingerprint density at radius 1 is 1.44 bits per heavy atom. The van der Waals surface area contributed by atoms with Gasteiger partial charge < -0.3 is 11.5 Å². The van der Waals surface area contributed by atoms with Gasteiger partial charge >= 0.3 is 0 Å². The number of nitrogens with two attached hydrogens (primary N) is 2. The zero-order valence-corrected chi connectivity index (χ0v) is 10.5. The SMILES string of the molecule is CC(C)(CN)CCN1CCCCC1C(N)=O. The van der Waals surface area contributed by atoms with Gasteiger partial charge in [-0.3, -0.25) is 9.69 Å². The molecule has 0 bridgehead atoms. The molecule has 1 aliphatic heterocycles. The number of hydrogen-bond donors (Lipinski definition) is 2. The first-order chi connectivity index (χ1) is 7.46. The molecular weight excluding hydrogens is 202 g/mol. The zero-order chi connectivity index (χ0) is 12.2. The van der Waals surface area contributed by atoms with E-state index < -0.39 is 0 Å². The molecule has 1 amide bonds. The number of nitrogens with zero attached hydrogens (tertiary/aromatic N) is 1. The lowest BCUT2D eigenvalue weighted by molar-refractivity contribution is -0.124.